The van der Waals surface area contributed by atoms with Crippen LogP contribution in [0.1, 0.15) is 38.5 Å². The van der Waals surface area contributed by atoms with Crippen LogP contribution in [0.25, 0.3) is 0 Å². The minimum absolute atomic E-state index is 0.367. The predicted octanol–water partition coefficient (Wildman–Crippen LogP) is 2.98. The summed E-state index contributed by atoms with van der Waals surface area (Å²) in [6.07, 6.45) is 9.80. The minimum atomic E-state index is 0.367. The average Bonchev–Trinajstić information content (AvgIpc) is 2.41. The Balaban J connectivity index is 1.91. The number of nitrogen functional groups attached to an aromatic ring is 1. The van der Waals surface area contributed by atoms with Gasteiger partial charge in [0, 0.05) is 18.8 Å². The van der Waals surface area contributed by atoms with Gasteiger partial charge in [-0.25, -0.2) is 4.98 Å². The summed E-state index contributed by atoms with van der Waals surface area (Å²) in [6.45, 7) is 1.09. The van der Waals surface area contributed by atoms with E-state index < -0.39 is 0 Å². The molecule has 0 bridgehead atoms. The number of piperidine rings is 1. The normalized spacial score (nSPS) is 27.9. The Morgan fingerprint density at radius 3 is 2.89 bits per heavy atom. The molecule has 18 heavy (non-hydrogen) atoms. The van der Waals surface area contributed by atoms with Gasteiger partial charge in [-0.15, -0.1) is 0 Å². The molecule has 2 N–H and O–H groups in total. The van der Waals surface area contributed by atoms with Crippen molar-refractivity contribution < 1.29 is 0 Å². The molecule has 1 aliphatic heterocycles. The lowest BCUT2D eigenvalue weighted by Gasteiger charge is -2.45. The number of rotatable bonds is 1. The predicted molar refractivity (Wildman–Crippen MR) is 76.5 cm³/mol. The summed E-state index contributed by atoms with van der Waals surface area (Å²) < 4.78 is 0.961. The third-order valence-electron chi connectivity index (χ3n) is 4.26. The first kappa shape index (κ1) is 12.2. The highest BCUT2D eigenvalue weighted by atomic mass is 79.9. The maximum absolute atomic E-state index is 5.73. The van der Waals surface area contributed by atoms with Crippen molar-refractivity contribution in [1.29, 1.82) is 0 Å². The molecule has 1 saturated carbocycles. The van der Waals surface area contributed by atoms with Crippen LogP contribution in [0.15, 0.2) is 10.7 Å². The number of aromatic nitrogens is 2. The number of nitrogens with zero attached hydrogens (tertiary/aromatic N) is 3. The first-order valence-corrected chi connectivity index (χ1v) is 7.59. The molecule has 5 heteroatoms. The van der Waals surface area contributed by atoms with Crippen LogP contribution in [0.4, 0.5) is 11.8 Å². The number of fused-ring (bicyclic) bond motifs is 1. The summed E-state index contributed by atoms with van der Waals surface area (Å²) >= 11 is 3.56. The molecule has 98 valence electrons. The van der Waals surface area contributed by atoms with Gasteiger partial charge in [0.15, 0.2) is 0 Å². The summed E-state index contributed by atoms with van der Waals surface area (Å²) in [7, 11) is 0. The fourth-order valence-corrected chi connectivity index (χ4v) is 3.88. The van der Waals surface area contributed by atoms with Crippen molar-refractivity contribution in [1.82, 2.24) is 9.97 Å². The lowest BCUT2D eigenvalue weighted by atomic mass is 9.78. The fourth-order valence-electron chi connectivity index (χ4n) is 3.46. The fraction of sp³-hybridized carbons (Fsp3) is 0.692. The van der Waals surface area contributed by atoms with Crippen LogP contribution in [-0.4, -0.2) is 22.6 Å². The van der Waals surface area contributed by atoms with E-state index >= 15 is 0 Å². The number of hydrogen-bond donors (Lipinski definition) is 1. The molecule has 0 radical (unpaired) electrons. The van der Waals surface area contributed by atoms with Gasteiger partial charge >= 0.3 is 0 Å². The third-order valence-corrected chi connectivity index (χ3v) is 4.82. The molecule has 4 nitrogen and oxygen atoms in total. The van der Waals surface area contributed by atoms with E-state index in [1.165, 1.54) is 38.5 Å². The third kappa shape index (κ3) is 2.20. The Labute approximate surface area is 116 Å². The first-order chi connectivity index (χ1) is 8.75. The molecular formula is C13H19BrN4. The SMILES string of the molecule is Nc1ncc(Br)c(N2CCC[C@H]3CCCC[C@H]32)n1. The van der Waals surface area contributed by atoms with E-state index in [2.05, 4.69) is 30.8 Å². The molecule has 3 rings (SSSR count). The van der Waals surface area contributed by atoms with Gasteiger partial charge in [0.2, 0.25) is 5.95 Å². The van der Waals surface area contributed by atoms with Gasteiger partial charge in [0.05, 0.1) is 4.47 Å². The number of halogens is 1. The lowest BCUT2D eigenvalue weighted by Crippen LogP contribution is -2.47. The molecule has 2 atom stereocenters. The smallest absolute Gasteiger partial charge is 0.222 e. The minimum Gasteiger partial charge on any atom is -0.368 e. The maximum atomic E-state index is 5.73. The van der Waals surface area contributed by atoms with Crippen molar-refractivity contribution in [2.45, 2.75) is 44.6 Å². The second-order valence-corrected chi connectivity index (χ2v) is 6.20. The van der Waals surface area contributed by atoms with Crippen LogP contribution in [-0.2, 0) is 0 Å². The van der Waals surface area contributed by atoms with E-state index in [0.29, 0.717) is 12.0 Å². The maximum Gasteiger partial charge on any atom is 0.222 e. The Bertz CT molecular complexity index is 435. The highest BCUT2D eigenvalue weighted by Crippen LogP contribution is 2.39. The standard InChI is InChI=1S/C13H19BrN4/c14-10-8-16-13(15)17-12(10)18-7-3-5-9-4-1-2-6-11(9)18/h8-9,11H,1-7H2,(H2,15,16,17)/t9-,11-/m1/s1. The van der Waals surface area contributed by atoms with Crippen molar-refractivity contribution >= 4 is 27.7 Å². The van der Waals surface area contributed by atoms with E-state index in [0.717, 1.165) is 22.8 Å². The highest BCUT2D eigenvalue weighted by Gasteiger charge is 2.34. The average molecular weight is 311 g/mol. The van der Waals surface area contributed by atoms with Gasteiger partial charge in [-0.05, 0) is 47.5 Å². The molecule has 1 aromatic rings. The van der Waals surface area contributed by atoms with Gasteiger partial charge in [0.1, 0.15) is 5.82 Å². The lowest BCUT2D eigenvalue weighted by molar-refractivity contribution is 0.242. The zero-order valence-electron chi connectivity index (χ0n) is 10.5. The second kappa shape index (κ2) is 5.03. The molecule has 1 aliphatic carbocycles. The van der Waals surface area contributed by atoms with Gasteiger partial charge in [-0.1, -0.05) is 12.8 Å². The van der Waals surface area contributed by atoms with Gasteiger partial charge in [-0.3, -0.25) is 0 Å². The van der Waals surface area contributed by atoms with Crippen LogP contribution < -0.4 is 10.6 Å². The second-order valence-electron chi connectivity index (χ2n) is 5.35. The number of anilines is 2. The number of nitrogens with two attached hydrogens (primary N) is 1. The summed E-state index contributed by atoms with van der Waals surface area (Å²) in [6, 6.07) is 0.651. The van der Waals surface area contributed by atoms with Crippen LogP contribution in [0.3, 0.4) is 0 Å². The highest BCUT2D eigenvalue weighted by molar-refractivity contribution is 9.10. The molecule has 2 heterocycles. The molecule has 0 unspecified atom stereocenters. The van der Waals surface area contributed by atoms with Crippen molar-refractivity contribution in [3.63, 3.8) is 0 Å². The van der Waals surface area contributed by atoms with Crippen LogP contribution in [0.2, 0.25) is 0 Å². The Hall–Kier alpha value is -0.840. The largest absolute Gasteiger partial charge is 0.368 e. The summed E-state index contributed by atoms with van der Waals surface area (Å²) in [5.74, 6) is 2.20. The first-order valence-electron chi connectivity index (χ1n) is 6.80. The molecular weight excluding hydrogens is 292 g/mol. The number of hydrogen-bond acceptors (Lipinski definition) is 4. The van der Waals surface area contributed by atoms with Gasteiger partial charge in [0.25, 0.3) is 0 Å². The molecule has 2 aliphatic rings. The van der Waals surface area contributed by atoms with Crippen molar-refractivity contribution in [2.24, 2.45) is 5.92 Å². The van der Waals surface area contributed by atoms with E-state index in [4.69, 9.17) is 5.73 Å². The topological polar surface area (TPSA) is 55.0 Å². The molecule has 1 aromatic heterocycles. The van der Waals surface area contributed by atoms with Gasteiger partial charge < -0.3 is 10.6 Å². The quantitative estimate of drug-likeness (QED) is 0.866. The van der Waals surface area contributed by atoms with Crippen LogP contribution in [0.5, 0.6) is 0 Å². The Kier molecular flexibility index (Phi) is 3.41. The summed E-state index contributed by atoms with van der Waals surface area (Å²) in [5, 5.41) is 0. The monoisotopic (exact) mass is 310 g/mol. The summed E-state index contributed by atoms with van der Waals surface area (Å²) in [5.41, 5.74) is 5.73. The van der Waals surface area contributed by atoms with Gasteiger partial charge in [-0.2, -0.15) is 4.98 Å². The van der Waals surface area contributed by atoms with E-state index in [1.807, 2.05) is 0 Å². The Morgan fingerprint density at radius 1 is 1.22 bits per heavy atom. The van der Waals surface area contributed by atoms with Crippen molar-refractivity contribution in [3.8, 4) is 0 Å². The molecule has 0 aromatic carbocycles. The van der Waals surface area contributed by atoms with E-state index in [9.17, 15) is 0 Å². The summed E-state index contributed by atoms with van der Waals surface area (Å²) in [4.78, 5) is 10.9. The van der Waals surface area contributed by atoms with Crippen molar-refractivity contribution in [2.75, 3.05) is 17.2 Å². The van der Waals surface area contributed by atoms with E-state index in [1.54, 1.807) is 6.20 Å². The van der Waals surface area contributed by atoms with E-state index in [-0.39, 0.29) is 0 Å². The zero-order valence-corrected chi connectivity index (χ0v) is 12.1. The molecule has 2 fully saturated rings. The molecule has 1 saturated heterocycles. The molecule has 0 spiro atoms. The van der Waals surface area contributed by atoms with Crippen LogP contribution >= 0.6 is 15.9 Å². The van der Waals surface area contributed by atoms with Crippen molar-refractivity contribution in [3.05, 3.63) is 10.7 Å². The Morgan fingerprint density at radius 2 is 2.00 bits per heavy atom. The molecule has 0 amide bonds. The van der Waals surface area contributed by atoms with Crippen LogP contribution in [0, 0.1) is 5.92 Å². The zero-order chi connectivity index (χ0) is 12.5.